The molecule has 3 rings (SSSR count). The Labute approximate surface area is 183 Å². The maximum Gasteiger partial charge on any atom is 0.261 e. The summed E-state index contributed by atoms with van der Waals surface area (Å²) in [6.07, 6.45) is 9.54. The molecule has 2 aromatic rings. The van der Waals surface area contributed by atoms with E-state index in [0.717, 1.165) is 32.3 Å². The van der Waals surface area contributed by atoms with Crippen LogP contribution in [0.1, 0.15) is 46.5 Å². The maximum absolute atomic E-state index is 9.82. The van der Waals surface area contributed by atoms with E-state index in [-0.39, 0.29) is 16.6 Å². The summed E-state index contributed by atoms with van der Waals surface area (Å²) in [6.45, 7) is 11.7. The fraction of sp³-hybridized carbons (Fsp3) is 0.407. The second-order valence-electron chi connectivity index (χ2n) is 9.52. The molecular formula is C27H36O2Si. The van der Waals surface area contributed by atoms with Crippen molar-refractivity contribution in [1.29, 1.82) is 0 Å². The average molecular weight is 421 g/mol. The third-order valence-electron chi connectivity index (χ3n) is 6.48. The summed E-state index contributed by atoms with van der Waals surface area (Å²) < 4.78 is 7.00. The Hall–Kier alpha value is -1.94. The van der Waals surface area contributed by atoms with Crippen LogP contribution in [0, 0.1) is 5.41 Å². The summed E-state index contributed by atoms with van der Waals surface area (Å²) >= 11 is 0. The molecule has 30 heavy (non-hydrogen) atoms. The van der Waals surface area contributed by atoms with E-state index < -0.39 is 8.32 Å². The van der Waals surface area contributed by atoms with Crippen LogP contribution in [0.15, 0.2) is 85.5 Å². The topological polar surface area (TPSA) is 29.5 Å². The smallest absolute Gasteiger partial charge is 0.261 e. The number of allylic oxidation sites excluding steroid dienone is 2. The average Bonchev–Trinajstić information content (AvgIpc) is 2.76. The minimum absolute atomic E-state index is 0.000676. The Morgan fingerprint density at radius 1 is 1.07 bits per heavy atom. The molecule has 0 bridgehead atoms. The van der Waals surface area contributed by atoms with Gasteiger partial charge in [-0.3, -0.25) is 0 Å². The largest absolute Gasteiger partial charge is 0.407 e. The van der Waals surface area contributed by atoms with Gasteiger partial charge in [-0.15, -0.1) is 6.58 Å². The summed E-state index contributed by atoms with van der Waals surface area (Å²) in [5, 5.41) is 12.5. The standard InChI is InChI=1S/C27H36O2Si/c1-5-27(20-17-23(28)18-21-27)19-12-22-29-30(26(2,3)4,24-13-8-6-9-14-24)25-15-10-7-11-16-25/h5-11,13-17,20,23,28H,1,12,18-19,21-22H2,2-4H3/t23-,27+/m1/s1. The molecule has 1 aliphatic rings. The number of rotatable bonds is 8. The van der Waals surface area contributed by atoms with Gasteiger partial charge in [-0.25, -0.2) is 0 Å². The van der Waals surface area contributed by atoms with Gasteiger partial charge < -0.3 is 9.53 Å². The van der Waals surface area contributed by atoms with E-state index in [9.17, 15) is 5.11 Å². The zero-order chi connectivity index (χ0) is 21.7. The van der Waals surface area contributed by atoms with Gasteiger partial charge in [0.1, 0.15) is 0 Å². The highest BCUT2D eigenvalue weighted by Crippen LogP contribution is 2.39. The van der Waals surface area contributed by atoms with Crippen LogP contribution in [0.2, 0.25) is 5.04 Å². The van der Waals surface area contributed by atoms with E-state index in [1.54, 1.807) is 0 Å². The van der Waals surface area contributed by atoms with Crippen LogP contribution >= 0.6 is 0 Å². The molecular weight excluding hydrogens is 384 g/mol. The van der Waals surface area contributed by atoms with Crippen molar-refractivity contribution in [3.63, 3.8) is 0 Å². The molecule has 160 valence electrons. The number of hydrogen-bond acceptors (Lipinski definition) is 2. The van der Waals surface area contributed by atoms with E-state index in [1.165, 1.54) is 10.4 Å². The number of hydrogen-bond donors (Lipinski definition) is 1. The van der Waals surface area contributed by atoms with Crippen LogP contribution < -0.4 is 10.4 Å². The molecule has 2 nitrogen and oxygen atoms in total. The van der Waals surface area contributed by atoms with Gasteiger partial charge in [0.05, 0.1) is 6.10 Å². The van der Waals surface area contributed by atoms with Crippen molar-refractivity contribution < 1.29 is 9.53 Å². The van der Waals surface area contributed by atoms with Crippen LogP contribution in [-0.2, 0) is 4.43 Å². The molecule has 3 heteroatoms. The van der Waals surface area contributed by atoms with Gasteiger partial charge in [-0.2, -0.15) is 0 Å². The van der Waals surface area contributed by atoms with Crippen LogP contribution in [0.25, 0.3) is 0 Å². The minimum Gasteiger partial charge on any atom is -0.407 e. The summed E-state index contributed by atoms with van der Waals surface area (Å²) in [7, 11) is -2.47. The lowest BCUT2D eigenvalue weighted by Gasteiger charge is -2.43. The third kappa shape index (κ3) is 4.69. The van der Waals surface area contributed by atoms with Crippen molar-refractivity contribution in [2.45, 2.75) is 57.6 Å². The molecule has 0 aliphatic heterocycles. The van der Waals surface area contributed by atoms with Gasteiger partial charge in [0.15, 0.2) is 0 Å². The molecule has 0 fully saturated rings. The van der Waals surface area contributed by atoms with Crippen molar-refractivity contribution in [2.24, 2.45) is 5.41 Å². The first-order valence-electron chi connectivity index (χ1n) is 11.1. The zero-order valence-electron chi connectivity index (χ0n) is 18.7. The summed E-state index contributed by atoms with van der Waals surface area (Å²) in [4.78, 5) is 0. The van der Waals surface area contributed by atoms with E-state index in [0.29, 0.717) is 0 Å². The van der Waals surface area contributed by atoms with Gasteiger partial charge >= 0.3 is 0 Å². The van der Waals surface area contributed by atoms with Crippen molar-refractivity contribution in [1.82, 2.24) is 0 Å². The number of aliphatic hydroxyl groups excluding tert-OH is 1. The monoisotopic (exact) mass is 420 g/mol. The van der Waals surface area contributed by atoms with Gasteiger partial charge in [0.2, 0.25) is 0 Å². The molecule has 1 N–H and O–H groups in total. The van der Waals surface area contributed by atoms with Gasteiger partial charge in [0.25, 0.3) is 8.32 Å². The molecule has 0 radical (unpaired) electrons. The second-order valence-corrected chi connectivity index (χ2v) is 13.8. The zero-order valence-corrected chi connectivity index (χ0v) is 19.7. The van der Waals surface area contributed by atoms with Crippen molar-refractivity contribution >= 4 is 18.7 Å². The molecule has 0 saturated heterocycles. The van der Waals surface area contributed by atoms with Crippen molar-refractivity contribution in [3.8, 4) is 0 Å². The lowest BCUT2D eigenvalue weighted by molar-refractivity contribution is 0.175. The van der Waals surface area contributed by atoms with Crippen LogP contribution in [-0.4, -0.2) is 26.1 Å². The lowest BCUT2D eigenvalue weighted by atomic mass is 9.75. The summed E-state index contributed by atoms with van der Waals surface area (Å²) in [6, 6.07) is 21.6. The summed E-state index contributed by atoms with van der Waals surface area (Å²) in [5.41, 5.74) is -0.0198. The highest BCUT2D eigenvalue weighted by Gasteiger charge is 2.50. The second kappa shape index (κ2) is 9.46. The molecule has 1 aliphatic carbocycles. The number of aliphatic hydroxyl groups is 1. The fourth-order valence-electron chi connectivity index (χ4n) is 4.77. The molecule has 0 saturated carbocycles. The van der Waals surface area contributed by atoms with Gasteiger partial charge in [-0.1, -0.05) is 99.7 Å². The van der Waals surface area contributed by atoms with Gasteiger partial charge in [-0.05, 0) is 41.1 Å². The van der Waals surface area contributed by atoms with E-state index in [4.69, 9.17) is 4.43 Å². The summed E-state index contributed by atoms with van der Waals surface area (Å²) in [5.74, 6) is 0. The minimum atomic E-state index is -2.47. The molecule has 0 amide bonds. The van der Waals surface area contributed by atoms with E-state index >= 15 is 0 Å². The number of benzene rings is 2. The van der Waals surface area contributed by atoms with E-state index in [2.05, 4.69) is 100 Å². The molecule has 0 heterocycles. The predicted octanol–water partition coefficient (Wildman–Crippen LogP) is 5.23. The van der Waals surface area contributed by atoms with E-state index in [1.807, 2.05) is 6.08 Å². The Bertz CT molecular complexity index is 799. The first-order chi connectivity index (χ1) is 14.3. The first kappa shape index (κ1) is 22.7. The van der Waals surface area contributed by atoms with Gasteiger partial charge in [0, 0.05) is 12.0 Å². The van der Waals surface area contributed by atoms with Crippen molar-refractivity contribution in [2.75, 3.05) is 6.61 Å². The molecule has 2 aromatic carbocycles. The Morgan fingerprint density at radius 2 is 1.63 bits per heavy atom. The molecule has 0 unspecified atom stereocenters. The Balaban J connectivity index is 1.85. The molecule has 0 spiro atoms. The normalized spacial score (nSPS) is 22.1. The van der Waals surface area contributed by atoms with Crippen LogP contribution in [0.3, 0.4) is 0 Å². The lowest BCUT2D eigenvalue weighted by Crippen LogP contribution is -2.66. The molecule has 0 aromatic heterocycles. The molecule has 2 atom stereocenters. The van der Waals surface area contributed by atoms with Crippen LogP contribution in [0.4, 0.5) is 0 Å². The third-order valence-corrected chi connectivity index (χ3v) is 11.5. The highest BCUT2D eigenvalue weighted by molar-refractivity contribution is 6.99. The maximum atomic E-state index is 9.82. The Kier molecular flexibility index (Phi) is 7.17. The Morgan fingerprint density at radius 3 is 2.07 bits per heavy atom. The van der Waals surface area contributed by atoms with Crippen LogP contribution in [0.5, 0.6) is 0 Å². The SMILES string of the molecule is C=C[C@]1(CCCO[Si](c2ccccc2)(c2ccccc2)C(C)(C)C)C=C[C@@H](O)CC1. The quantitative estimate of drug-likeness (QED) is 0.360. The van der Waals surface area contributed by atoms with Crippen molar-refractivity contribution in [3.05, 3.63) is 85.5 Å². The fourth-order valence-corrected chi connectivity index (χ4v) is 9.37. The first-order valence-corrected chi connectivity index (χ1v) is 13.0. The highest BCUT2D eigenvalue weighted by atomic mass is 28.4. The predicted molar refractivity (Wildman–Crippen MR) is 130 cm³/mol.